The van der Waals surface area contributed by atoms with Gasteiger partial charge >= 0.3 is 6.09 Å². The van der Waals surface area contributed by atoms with Crippen molar-refractivity contribution in [2.45, 2.75) is 44.8 Å². The van der Waals surface area contributed by atoms with E-state index >= 15 is 0 Å². The first-order valence-electron chi connectivity index (χ1n) is 11.0. The maximum Gasteiger partial charge on any atom is 0.407 e. The summed E-state index contributed by atoms with van der Waals surface area (Å²) in [4.78, 5) is 18.2. The zero-order valence-corrected chi connectivity index (χ0v) is 17.9. The maximum absolute atomic E-state index is 11.8. The number of fused-ring (bicyclic) bond motifs is 1. The lowest BCUT2D eigenvalue weighted by Crippen LogP contribution is -2.49. The molecule has 1 fully saturated rings. The van der Waals surface area contributed by atoms with Gasteiger partial charge in [-0.25, -0.2) is 9.78 Å². The fraction of sp³-hybridized carbons (Fsp3) is 0.417. The fourth-order valence-electron chi connectivity index (χ4n) is 4.41. The van der Waals surface area contributed by atoms with Crippen LogP contribution < -0.4 is 5.32 Å². The average molecular weight is 423 g/mol. The van der Waals surface area contributed by atoms with Crippen molar-refractivity contribution >= 4 is 23.1 Å². The minimum Gasteiger partial charge on any atom is -0.465 e. The third-order valence-electron chi connectivity index (χ3n) is 5.93. The number of hydrogen-bond donors (Lipinski definition) is 2. The van der Waals surface area contributed by atoms with E-state index in [1.54, 1.807) is 4.90 Å². The van der Waals surface area contributed by atoms with Crippen LogP contribution in [0.4, 0.5) is 10.7 Å². The largest absolute Gasteiger partial charge is 0.465 e. The number of ether oxygens (including phenoxy) is 1. The Balaban J connectivity index is 1.52. The third kappa shape index (κ3) is 4.99. The summed E-state index contributed by atoms with van der Waals surface area (Å²) >= 11 is 0. The molecular formula is C24H30N4O3. The number of benzene rings is 2. The van der Waals surface area contributed by atoms with Crippen LogP contribution in [-0.4, -0.2) is 57.5 Å². The second-order valence-electron chi connectivity index (χ2n) is 7.96. The van der Waals surface area contributed by atoms with Crippen molar-refractivity contribution in [3.8, 4) is 0 Å². The van der Waals surface area contributed by atoms with Crippen molar-refractivity contribution in [3.05, 3.63) is 60.2 Å². The van der Waals surface area contributed by atoms with E-state index in [4.69, 9.17) is 9.72 Å². The zero-order valence-electron chi connectivity index (χ0n) is 17.9. The molecule has 0 spiro atoms. The molecule has 0 radical (unpaired) electrons. The standard InChI is InChI=1S/C24H30N4O3/c1-2-31-15-14-28-22-11-7-6-10-21(22)26-23(28)25-19-12-13-27(24(29)30)20(17-19)16-18-8-4-3-5-9-18/h3-11,19-20H,2,12-17H2,1H3,(H,25,26)(H,29,30). The van der Waals surface area contributed by atoms with Crippen molar-refractivity contribution in [1.82, 2.24) is 14.5 Å². The number of nitrogens with one attached hydrogen (secondary N) is 1. The second-order valence-corrected chi connectivity index (χ2v) is 7.96. The van der Waals surface area contributed by atoms with Gasteiger partial charge in [0.15, 0.2) is 0 Å². The van der Waals surface area contributed by atoms with Gasteiger partial charge in [0, 0.05) is 31.8 Å². The number of carboxylic acid groups (broad SMARTS) is 1. The monoisotopic (exact) mass is 422 g/mol. The average Bonchev–Trinajstić information content (AvgIpc) is 3.12. The Morgan fingerprint density at radius 2 is 1.97 bits per heavy atom. The van der Waals surface area contributed by atoms with Gasteiger partial charge in [-0.05, 0) is 43.9 Å². The Morgan fingerprint density at radius 3 is 2.74 bits per heavy atom. The molecule has 7 nitrogen and oxygen atoms in total. The minimum atomic E-state index is -0.844. The van der Waals surface area contributed by atoms with Gasteiger partial charge in [-0.3, -0.25) is 0 Å². The van der Waals surface area contributed by atoms with E-state index < -0.39 is 6.09 Å². The van der Waals surface area contributed by atoms with Crippen molar-refractivity contribution < 1.29 is 14.6 Å². The molecule has 1 aliphatic rings. The summed E-state index contributed by atoms with van der Waals surface area (Å²) in [7, 11) is 0. The number of amides is 1. The van der Waals surface area contributed by atoms with E-state index in [1.165, 1.54) is 0 Å². The van der Waals surface area contributed by atoms with Crippen LogP contribution in [0.3, 0.4) is 0 Å². The van der Waals surface area contributed by atoms with Gasteiger partial charge < -0.3 is 24.6 Å². The van der Waals surface area contributed by atoms with Gasteiger partial charge in [-0.1, -0.05) is 42.5 Å². The molecule has 2 unspecified atom stereocenters. The molecule has 2 atom stereocenters. The Morgan fingerprint density at radius 1 is 1.19 bits per heavy atom. The first kappa shape index (κ1) is 21.2. The summed E-state index contributed by atoms with van der Waals surface area (Å²) in [5, 5.41) is 13.3. The zero-order chi connectivity index (χ0) is 21.6. The summed E-state index contributed by atoms with van der Waals surface area (Å²) < 4.78 is 7.74. The van der Waals surface area contributed by atoms with E-state index in [9.17, 15) is 9.90 Å². The van der Waals surface area contributed by atoms with Crippen LogP contribution in [0, 0.1) is 0 Å². The fourth-order valence-corrected chi connectivity index (χ4v) is 4.41. The van der Waals surface area contributed by atoms with Gasteiger partial charge in [0.05, 0.1) is 17.6 Å². The van der Waals surface area contributed by atoms with Crippen molar-refractivity contribution in [2.24, 2.45) is 0 Å². The molecule has 2 aromatic carbocycles. The second kappa shape index (κ2) is 9.83. The van der Waals surface area contributed by atoms with Crippen LogP contribution in [0.25, 0.3) is 11.0 Å². The molecule has 1 aromatic heterocycles. The lowest BCUT2D eigenvalue weighted by molar-refractivity contribution is 0.103. The number of anilines is 1. The Kier molecular flexibility index (Phi) is 6.72. The first-order valence-corrected chi connectivity index (χ1v) is 11.0. The number of imidazole rings is 1. The molecule has 31 heavy (non-hydrogen) atoms. The van der Waals surface area contributed by atoms with Gasteiger partial charge in [0.25, 0.3) is 0 Å². The number of nitrogens with zero attached hydrogens (tertiary/aromatic N) is 3. The van der Waals surface area contributed by atoms with E-state index in [0.29, 0.717) is 26.2 Å². The molecular weight excluding hydrogens is 392 g/mol. The number of piperidine rings is 1. The van der Waals surface area contributed by atoms with Crippen molar-refractivity contribution in [3.63, 3.8) is 0 Å². The highest BCUT2D eigenvalue weighted by molar-refractivity contribution is 5.78. The Hall–Kier alpha value is -3.06. The molecule has 0 bridgehead atoms. The van der Waals surface area contributed by atoms with E-state index in [2.05, 4.69) is 28.1 Å². The smallest absolute Gasteiger partial charge is 0.407 e. The minimum absolute atomic E-state index is 0.0626. The van der Waals surface area contributed by atoms with Gasteiger partial charge in [0.1, 0.15) is 0 Å². The summed E-state index contributed by atoms with van der Waals surface area (Å²) in [6, 6.07) is 18.3. The summed E-state index contributed by atoms with van der Waals surface area (Å²) in [5.74, 6) is 0.827. The molecule has 2 N–H and O–H groups in total. The van der Waals surface area contributed by atoms with Crippen LogP contribution in [0.1, 0.15) is 25.3 Å². The molecule has 1 amide bonds. The lowest BCUT2D eigenvalue weighted by Gasteiger charge is -2.38. The molecule has 164 valence electrons. The molecule has 2 heterocycles. The van der Waals surface area contributed by atoms with Crippen LogP contribution in [0.15, 0.2) is 54.6 Å². The third-order valence-corrected chi connectivity index (χ3v) is 5.93. The Bertz CT molecular complexity index is 1000. The normalized spacial score (nSPS) is 18.9. The highest BCUT2D eigenvalue weighted by Gasteiger charge is 2.32. The summed E-state index contributed by atoms with van der Waals surface area (Å²) in [6.45, 7) is 4.54. The maximum atomic E-state index is 11.8. The summed E-state index contributed by atoms with van der Waals surface area (Å²) in [5.41, 5.74) is 3.18. The van der Waals surface area contributed by atoms with Crippen molar-refractivity contribution in [1.29, 1.82) is 0 Å². The number of para-hydroxylation sites is 2. The number of carbonyl (C=O) groups is 1. The first-order chi connectivity index (χ1) is 15.2. The van der Waals surface area contributed by atoms with Crippen molar-refractivity contribution in [2.75, 3.05) is 25.1 Å². The SMILES string of the molecule is CCOCCn1c(NC2CCN(C(=O)O)C(Cc3ccccc3)C2)nc2ccccc21. The van der Waals surface area contributed by atoms with Gasteiger partial charge in [-0.15, -0.1) is 0 Å². The topological polar surface area (TPSA) is 79.6 Å². The molecule has 7 heteroatoms. The van der Waals surface area contributed by atoms with Crippen LogP contribution in [-0.2, 0) is 17.7 Å². The predicted molar refractivity (Wildman–Crippen MR) is 122 cm³/mol. The molecule has 4 rings (SSSR count). The van der Waals surface area contributed by atoms with E-state index in [-0.39, 0.29) is 12.1 Å². The Labute approximate surface area is 182 Å². The van der Waals surface area contributed by atoms with Gasteiger partial charge in [0.2, 0.25) is 5.95 Å². The number of likely N-dealkylation sites (tertiary alicyclic amines) is 1. The lowest BCUT2D eigenvalue weighted by atomic mass is 9.92. The molecule has 1 saturated heterocycles. The molecule has 0 aliphatic carbocycles. The summed E-state index contributed by atoms with van der Waals surface area (Å²) in [6.07, 6.45) is 1.37. The highest BCUT2D eigenvalue weighted by Crippen LogP contribution is 2.26. The van der Waals surface area contributed by atoms with Crippen LogP contribution in [0.2, 0.25) is 0 Å². The molecule has 3 aromatic rings. The molecule has 0 saturated carbocycles. The quantitative estimate of drug-likeness (QED) is 0.531. The predicted octanol–water partition coefficient (Wildman–Crippen LogP) is 4.24. The highest BCUT2D eigenvalue weighted by atomic mass is 16.5. The van der Waals surface area contributed by atoms with E-state index in [1.807, 2.05) is 43.3 Å². The van der Waals surface area contributed by atoms with Gasteiger partial charge in [-0.2, -0.15) is 0 Å². The van der Waals surface area contributed by atoms with E-state index in [0.717, 1.165) is 41.9 Å². The number of hydrogen-bond acceptors (Lipinski definition) is 4. The van der Waals surface area contributed by atoms with Crippen LogP contribution >= 0.6 is 0 Å². The molecule has 1 aliphatic heterocycles. The number of rotatable bonds is 8. The number of aromatic nitrogens is 2. The van der Waals surface area contributed by atoms with Crippen LogP contribution in [0.5, 0.6) is 0 Å².